The summed E-state index contributed by atoms with van der Waals surface area (Å²) in [4.78, 5) is 20.1. The van der Waals surface area contributed by atoms with Gasteiger partial charge in [-0.1, -0.05) is 35.3 Å². The second kappa shape index (κ2) is 6.13. The van der Waals surface area contributed by atoms with Crippen molar-refractivity contribution in [2.24, 2.45) is 0 Å². The number of nitrogens with one attached hydrogen (secondary N) is 2. The van der Waals surface area contributed by atoms with Gasteiger partial charge in [-0.25, -0.2) is 0 Å². The Bertz CT molecular complexity index is 833. The van der Waals surface area contributed by atoms with E-state index in [0.717, 1.165) is 0 Å². The second-order valence-corrected chi connectivity index (χ2v) is 5.14. The third-order valence-corrected chi connectivity index (χ3v) is 3.36. The smallest absolute Gasteiger partial charge is 0.276 e. The number of carbonyl (C=O) groups excluding carboxylic acids is 1. The fraction of sp³-hybridized carbons (Fsp3) is 0. The molecule has 0 aliphatic heterocycles. The van der Waals surface area contributed by atoms with E-state index < -0.39 is 5.91 Å². The first-order valence-electron chi connectivity index (χ1n) is 6.24. The van der Waals surface area contributed by atoms with Crippen LogP contribution >= 0.6 is 23.2 Å². The molecule has 6 nitrogen and oxygen atoms in total. The first kappa shape index (κ1) is 14.5. The number of halogens is 2. The largest absolute Gasteiger partial charge is 0.288 e. The van der Waals surface area contributed by atoms with E-state index in [1.165, 1.54) is 12.3 Å². The molecule has 3 rings (SSSR count). The highest BCUT2D eigenvalue weighted by Crippen LogP contribution is 2.24. The normalized spacial score (nSPS) is 10.5. The predicted octanol–water partition coefficient (Wildman–Crippen LogP) is 3.43. The van der Waals surface area contributed by atoms with Gasteiger partial charge in [0.25, 0.3) is 5.91 Å². The lowest BCUT2D eigenvalue weighted by atomic mass is 10.2. The van der Waals surface area contributed by atoms with Crippen LogP contribution in [0.5, 0.6) is 0 Å². The van der Waals surface area contributed by atoms with Crippen molar-refractivity contribution in [3.63, 3.8) is 0 Å². The number of aromatic amines is 1. The van der Waals surface area contributed by atoms with E-state index in [2.05, 4.69) is 25.5 Å². The zero-order valence-electron chi connectivity index (χ0n) is 11.0. The number of aromatic nitrogens is 4. The molecular weight excluding hydrogens is 325 g/mol. The van der Waals surface area contributed by atoms with Crippen LogP contribution in [-0.2, 0) is 0 Å². The standard InChI is InChI=1S/C14H9Cl2N5O/c15-8-5-6-17-11(7-8)13(22)19-14-18-12(20-21-14)9-3-1-2-4-10(9)16/h1-7H,(H2,18,19,20,21,22). The van der Waals surface area contributed by atoms with Gasteiger partial charge in [0.15, 0.2) is 5.82 Å². The number of nitrogens with zero attached hydrogens (tertiary/aromatic N) is 3. The Morgan fingerprint density at radius 1 is 1.18 bits per heavy atom. The lowest BCUT2D eigenvalue weighted by Crippen LogP contribution is -2.14. The van der Waals surface area contributed by atoms with Crippen LogP contribution in [0.4, 0.5) is 5.95 Å². The summed E-state index contributed by atoms with van der Waals surface area (Å²) in [5.74, 6) is 0.133. The van der Waals surface area contributed by atoms with E-state index in [-0.39, 0.29) is 11.6 Å². The molecule has 110 valence electrons. The predicted molar refractivity (Wildman–Crippen MR) is 84.0 cm³/mol. The molecule has 0 saturated carbocycles. The number of H-pyrrole nitrogens is 1. The summed E-state index contributed by atoms with van der Waals surface area (Å²) in [5.41, 5.74) is 0.870. The van der Waals surface area contributed by atoms with Crippen molar-refractivity contribution in [2.45, 2.75) is 0 Å². The van der Waals surface area contributed by atoms with Crippen molar-refractivity contribution in [1.82, 2.24) is 20.2 Å². The molecule has 0 spiro atoms. The van der Waals surface area contributed by atoms with E-state index in [9.17, 15) is 4.79 Å². The summed E-state index contributed by atoms with van der Waals surface area (Å²) in [6, 6.07) is 10.2. The monoisotopic (exact) mass is 333 g/mol. The summed E-state index contributed by atoms with van der Waals surface area (Å²) in [7, 11) is 0. The first-order valence-corrected chi connectivity index (χ1v) is 6.99. The molecule has 0 aliphatic carbocycles. The van der Waals surface area contributed by atoms with E-state index in [4.69, 9.17) is 23.2 Å². The van der Waals surface area contributed by atoms with Gasteiger partial charge in [0.2, 0.25) is 5.95 Å². The van der Waals surface area contributed by atoms with E-state index in [1.54, 1.807) is 18.2 Å². The van der Waals surface area contributed by atoms with E-state index in [0.29, 0.717) is 21.4 Å². The zero-order valence-corrected chi connectivity index (χ0v) is 12.6. The van der Waals surface area contributed by atoms with Crippen LogP contribution in [0.1, 0.15) is 10.5 Å². The van der Waals surface area contributed by atoms with Crippen molar-refractivity contribution in [1.29, 1.82) is 0 Å². The fourth-order valence-corrected chi connectivity index (χ4v) is 2.17. The molecular formula is C14H9Cl2N5O. The molecule has 0 fully saturated rings. The van der Waals surface area contributed by atoms with Gasteiger partial charge in [-0.2, -0.15) is 4.98 Å². The maximum atomic E-state index is 12.0. The van der Waals surface area contributed by atoms with Gasteiger partial charge in [-0.15, -0.1) is 5.10 Å². The molecule has 8 heteroatoms. The minimum absolute atomic E-state index is 0.127. The van der Waals surface area contributed by atoms with Gasteiger partial charge in [-0.05, 0) is 24.3 Å². The quantitative estimate of drug-likeness (QED) is 0.769. The maximum absolute atomic E-state index is 12.0. The lowest BCUT2D eigenvalue weighted by Gasteiger charge is -2.00. The van der Waals surface area contributed by atoms with E-state index in [1.807, 2.05) is 12.1 Å². The van der Waals surface area contributed by atoms with Crippen molar-refractivity contribution in [3.05, 3.63) is 58.3 Å². The number of anilines is 1. The molecule has 0 aliphatic rings. The SMILES string of the molecule is O=C(Nc1n[nH]c(-c2ccccc2Cl)n1)c1cc(Cl)ccn1. The minimum Gasteiger partial charge on any atom is -0.288 e. The number of carbonyl (C=O) groups is 1. The van der Waals surface area contributed by atoms with Crippen molar-refractivity contribution >= 4 is 35.1 Å². The van der Waals surface area contributed by atoms with Crippen LogP contribution in [0, 0.1) is 0 Å². The first-order chi connectivity index (χ1) is 10.6. The molecule has 2 N–H and O–H groups in total. The molecule has 1 amide bonds. The van der Waals surface area contributed by atoms with Crippen LogP contribution in [0.25, 0.3) is 11.4 Å². The molecule has 2 aromatic heterocycles. The average molecular weight is 334 g/mol. The highest BCUT2D eigenvalue weighted by Gasteiger charge is 2.13. The third-order valence-electron chi connectivity index (χ3n) is 2.79. The Kier molecular flexibility index (Phi) is 4.04. The molecule has 0 atom stereocenters. The van der Waals surface area contributed by atoms with Gasteiger partial charge in [0.1, 0.15) is 5.69 Å². The molecule has 3 aromatic rings. The van der Waals surface area contributed by atoms with Crippen LogP contribution in [-0.4, -0.2) is 26.1 Å². The van der Waals surface area contributed by atoms with E-state index >= 15 is 0 Å². The molecule has 2 heterocycles. The van der Waals surface area contributed by atoms with Gasteiger partial charge < -0.3 is 0 Å². The highest BCUT2D eigenvalue weighted by atomic mass is 35.5. The second-order valence-electron chi connectivity index (χ2n) is 4.30. The number of benzene rings is 1. The molecule has 0 saturated heterocycles. The molecule has 0 unspecified atom stereocenters. The Morgan fingerprint density at radius 3 is 2.77 bits per heavy atom. The maximum Gasteiger partial charge on any atom is 0.276 e. The Hall–Kier alpha value is -2.44. The summed E-state index contributed by atoms with van der Waals surface area (Å²) >= 11 is 11.9. The zero-order chi connectivity index (χ0) is 15.5. The number of hydrogen-bond donors (Lipinski definition) is 2. The minimum atomic E-state index is -0.452. The average Bonchev–Trinajstić information content (AvgIpc) is 2.96. The number of amides is 1. The van der Waals surface area contributed by atoms with Gasteiger partial charge >= 0.3 is 0 Å². The van der Waals surface area contributed by atoms with Crippen molar-refractivity contribution in [3.8, 4) is 11.4 Å². The Balaban J connectivity index is 1.80. The fourth-order valence-electron chi connectivity index (χ4n) is 1.79. The molecule has 0 bridgehead atoms. The molecule has 22 heavy (non-hydrogen) atoms. The lowest BCUT2D eigenvalue weighted by molar-refractivity contribution is 0.102. The summed E-state index contributed by atoms with van der Waals surface area (Å²) in [6.45, 7) is 0. The molecule has 0 radical (unpaired) electrons. The van der Waals surface area contributed by atoms with Crippen molar-refractivity contribution < 1.29 is 4.79 Å². The van der Waals surface area contributed by atoms with Gasteiger partial charge in [0, 0.05) is 16.8 Å². The summed E-state index contributed by atoms with van der Waals surface area (Å²) < 4.78 is 0. The topological polar surface area (TPSA) is 83.6 Å². The Labute approximate surface area is 135 Å². The van der Waals surface area contributed by atoms with Crippen LogP contribution in [0.2, 0.25) is 10.0 Å². The summed E-state index contributed by atoms with van der Waals surface area (Å²) in [6.07, 6.45) is 1.45. The highest BCUT2D eigenvalue weighted by molar-refractivity contribution is 6.33. The van der Waals surface area contributed by atoms with Crippen LogP contribution in [0.3, 0.4) is 0 Å². The van der Waals surface area contributed by atoms with Crippen LogP contribution < -0.4 is 5.32 Å². The number of rotatable bonds is 3. The third kappa shape index (κ3) is 3.08. The van der Waals surface area contributed by atoms with Gasteiger partial charge in [0.05, 0.1) is 5.02 Å². The summed E-state index contributed by atoms with van der Waals surface area (Å²) in [5, 5.41) is 10.2. The van der Waals surface area contributed by atoms with Crippen LogP contribution in [0.15, 0.2) is 42.6 Å². The number of pyridine rings is 1. The number of hydrogen-bond acceptors (Lipinski definition) is 4. The van der Waals surface area contributed by atoms with Crippen molar-refractivity contribution in [2.75, 3.05) is 5.32 Å². The Morgan fingerprint density at radius 2 is 2.00 bits per heavy atom. The van der Waals surface area contributed by atoms with Gasteiger partial charge in [-0.3, -0.25) is 20.2 Å². The molecule has 1 aromatic carbocycles.